The van der Waals surface area contributed by atoms with E-state index in [4.69, 9.17) is 0 Å². The lowest BCUT2D eigenvalue weighted by Crippen LogP contribution is -2.16. The molecule has 1 unspecified atom stereocenters. The Labute approximate surface area is 92.7 Å². The van der Waals surface area contributed by atoms with Crippen LogP contribution in [0, 0.1) is 23.4 Å². The van der Waals surface area contributed by atoms with Crippen LogP contribution in [-0.2, 0) is 0 Å². The molecule has 1 aromatic rings. The smallest absolute Gasteiger partial charge is 0.194 e. The van der Waals surface area contributed by atoms with Crippen LogP contribution >= 0.6 is 0 Å². The van der Waals surface area contributed by atoms with Crippen LogP contribution in [0.3, 0.4) is 0 Å². The van der Waals surface area contributed by atoms with E-state index in [0.29, 0.717) is 5.69 Å². The summed E-state index contributed by atoms with van der Waals surface area (Å²) in [6.07, 6.45) is 3.46. The summed E-state index contributed by atoms with van der Waals surface area (Å²) in [5, 5.41) is 2.98. The van der Waals surface area contributed by atoms with Crippen LogP contribution < -0.4 is 5.32 Å². The van der Waals surface area contributed by atoms with E-state index in [0.717, 1.165) is 24.5 Å². The van der Waals surface area contributed by atoms with Crippen molar-refractivity contribution in [1.29, 1.82) is 0 Å². The molecular weight excluding hydrogens is 215 g/mol. The summed E-state index contributed by atoms with van der Waals surface area (Å²) in [4.78, 5) is 0. The zero-order valence-corrected chi connectivity index (χ0v) is 9.06. The molecule has 88 valence electrons. The van der Waals surface area contributed by atoms with E-state index in [1.54, 1.807) is 0 Å². The zero-order valence-electron chi connectivity index (χ0n) is 9.06. The third-order valence-corrected chi connectivity index (χ3v) is 2.78. The maximum Gasteiger partial charge on any atom is 0.194 e. The first kappa shape index (κ1) is 11.3. The van der Waals surface area contributed by atoms with Crippen molar-refractivity contribution in [3.8, 4) is 0 Å². The van der Waals surface area contributed by atoms with Gasteiger partial charge < -0.3 is 5.32 Å². The number of hydrogen-bond donors (Lipinski definition) is 1. The molecule has 1 fully saturated rings. The Morgan fingerprint density at radius 3 is 2.31 bits per heavy atom. The van der Waals surface area contributed by atoms with Crippen molar-refractivity contribution in [3.05, 3.63) is 29.6 Å². The van der Waals surface area contributed by atoms with Gasteiger partial charge in [0.15, 0.2) is 17.5 Å². The fourth-order valence-corrected chi connectivity index (χ4v) is 1.84. The molecule has 1 atom stereocenters. The summed E-state index contributed by atoms with van der Waals surface area (Å²) in [5.74, 6) is -2.99. The fourth-order valence-electron chi connectivity index (χ4n) is 1.84. The van der Waals surface area contributed by atoms with E-state index >= 15 is 0 Å². The van der Waals surface area contributed by atoms with Gasteiger partial charge in [-0.05, 0) is 19.3 Å². The van der Waals surface area contributed by atoms with E-state index < -0.39 is 17.5 Å². The number of benzene rings is 1. The molecule has 0 radical (unpaired) electrons. The molecule has 1 saturated carbocycles. The Kier molecular flexibility index (Phi) is 3.08. The first-order valence-electron chi connectivity index (χ1n) is 5.47. The lowest BCUT2D eigenvalue weighted by atomic mass is 10.1. The third kappa shape index (κ3) is 2.68. The third-order valence-electron chi connectivity index (χ3n) is 2.78. The van der Waals surface area contributed by atoms with Crippen LogP contribution in [0.15, 0.2) is 12.1 Å². The normalized spacial score (nSPS) is 17.2. The summed E-state index contributed by atoms with van der Waals surface area (Å²) in [6, 6.07) is 2.13. The van der Waals surface area contributed by atoms with Crippen molar-refractivity contribution in [1.82, 2.24) is 0 Å². The predicted octanol–water partition coefficient (Wildman–Crippen LogP) is 3.70. The first-order chi connectivity index (χ1) is 7.56. The lowest BCUT2D eigenvalue weighted by Gasteiger charge is -2.15. The highest BCUT2D eigenvalue weighted by molar-refractivity contribution is 5.44. The molecule has 1 aliphatic rings. The molecule has 2 rings (SSSR count). The number of hydrogen-bond acceptors (Lipinski definition) is 1. The minimum absolute atomic E-state index is 0.150. The Balaban J connectivity index is 2.02. The van der Waals surface area contributed by atoms with Gasteiger partial charge in [-0.3, -0.25) is 0 Å². The maximum atomic E-state index is 12.9. The summed E-state index contributed by atoms with van der Waals surface area (Å²) < 4.78 is 38.5. The van der Waals surface area contributed by atoms with Gasteiger partial charge in [-0.1, -0.05) is 12.8 Å². The predicted molar refractivity (Wildman–Crippen MR) is 56.7 cm³/mol. The van der Waals surface area contributed by atoms with Gasteiger partial charge in [-0.25, -0.2) is 13.2 Å². The Morgan fingerprint density at radius 1 is 1.25 bits per heavy atom. The van der Waals surface area contributed by atoms with Gasteiger partial charge in [0.2, 0.25) is 0 Å². The van der Waals surface area contributed by atoms with Gasteiger partial charge in [-0.15, -0.1) is 0 Å². The van der Waals surface area contributed by atoms with Crippen LogP contribution in [0.1, 0.15) is 26.2 Å². The van der Waals surface area contributed by atoms with Gasteiger partial charge in [0.1, 0.15) is 0 Å². The molecule has 0 aliphatic heterocycles. The average molecular weight is 229 g/mol. The summed E-state index contributed by atoms with van der Waals surface area (Å²) in [6.45, 7) is 1.96. The molecule has 0 bridgehead atoms. The van der Waals surface area contributed by atoms with Crippen LogP contribution in [0.25, 0.3) is 0 Å². The van der Waals surface area contributed by atoms with E-state index in [9.17, 15) is 13.2 Å². The maximum absolute atomic E-state index is 12.9. The molecule has 1 N–H and O–H groups in total. The van der Waals surface area contributed by atoms with E-state index in [1.165, 1.54) is 12.8 Å². The number of anilines is 1. The standard InChI is InChI=1S/C12H14F3N/c1-7(4-8-2-3-8)16-9-5-10(13)12(15)11(14)6-9/h5-8,16H,2-4H2,1H3. The van der Waals surface area contributed by atoms with Crippen molar-refractivity contribution >= 4 is 5.69 Å². The second-order valence-corrected chi connectivity index (χ2v) is 4.48. The summed E-state index contributed by atoms with van der Waals surface area (Å²) in [5.41, 5.74) is 0.296. The zero-order chi connectivity index (χ0) is 11.7. The quantitative estimate of drug-likeness (QED) is 0.776. The van der Waals surface area contributed by atoms with Gasteiger partial charge >= 0.3 is 0 Å². The van der Waals surface area contributed by atoms with Gasteiger partial charge in [0.25, 0.3) is 0 Å². The lowest BCUT2D eigenvalue weighted by molar-refractivity contribution is 0.447. The van der Waals surface area contributed by atoms with Crippen molar-refractivity contribution in [2.24, 2.45) is 5.92 Å². The highest BCUT2D eigenvalue weighted by atomic mass is 19.2. The number of rotatable bonds is 4. The van der Waals surface area contributed by atoms with Crippen LogP contribution in [0.2, 0.25) is 0 Å². The van der Waals surface area contributed by atoms with E-state index in [1.807, 2.05) is 6.92 Å². The monoisotopic (exact) mass is 229 g/mol. The summed E-state index contributed by atoms with van der Waals surface area (Å²) in [7, 11) is 0. The highest BCUT2D eigenvalue weighted by Crippen LogP contribution is 2.34. The van der Waals surface area contributed by atoms with Crippen molar-refractivity contribution in [3.63, 3.8) is 0 Å². The van der Waals surface area contributed by atoms with E-state index in [2.05, 4.69) is 5.32 Å². The fraction of sp³-hybridized carbons (Fsp3) is 0.500. The second-order valence-electron chi connectivity index (χ2n) is 4.48. The molecule has 1 aliphatic carbocycles. The largest absolute Gasteiger partial charge is 0.382 e. The molecule has 0 amide bonds. The van der Waals surface area contributed by atoms with Gasteiger partial charge in [0.05, 0.1) is 0 Å². The van der Waals surface area contributed by atoms with Gasteiger partial charge in [-0.2, -0.15) is 0 Å². The molecule has 0 heterocycles. The van der Waals surface area contributed by atoms with Crippen molar-refractivity contribution in [2.75, 3.05) is 5.32 Å². The molecule has 1 nitrogen and oxygen atoms in total. The Morgan fingerprint density at radius 2 is 1.81 bits per heavy atom. The Hall–Kier alpha value is -1.19. The highest BCUT2D eigenvalue weighted by Gasteiger charge is 2.23. The van der Waals surface area contributed by atoms with Crippen molar-refractivity contribution < 1.29 is 13.2 Å². The van der Waals surface area contributed by atoms with Crippen LogP contribution in [0.4, 0.5) is 18.9 Å². The first-order valence-corrected chi connectivity index (χ1v) is 5.47. The molecule has 4 heteroatoms. The van der Waals surface area contributed by atoms with Crippen molar-refractivity contribution in [2.45, 2.75) is 32.2 Å². The topological polar surface area (TPSA) is 12.0 Å². The minimum Gasteiger partial charge on any atom is -0.382 e. The van der Waals surface area contributed by atoms with Crippen LogP contribution in [0.5, 0.6) is 0 Å². The SMILES string of the molecule is CC(CC1CC1)Nc1cc(F)c(F)c(F)c1. The van der Waals surface area contributed by atoms with Crippen LogP contribution in [-0.4, -0.2) is 6.04 Å². The molecule has 0 saturated heterocycles. The molecule has 0 spiro atoms. The van der Waals surface area contributed by atoms with Gasteiger partial charge in [0, 0.05) is 23.9 Å². The Bertz CT molecular complexity index is 365. The molecular formula is C12H14F3N. The number of nitrogens with one attached hydrogen (secondary N) is 1. The molecule has 0 aromatic heterocycles. The summed E-state index contributed by atoms with van der Waals surface area (Å²) >= 11 is 0. The molecule has 16 heavy (non-hydrogen) atoms. The number of halogens is 3. The second kappa shape index (κ2) is 4.36. The van der Waals surface area contributed by atoms with E-state index in [-0.39, 0.29) is 6.04 Å². The molecule has 1 aromatic carbocycles. The minimum atomic E-state index is -1.42. The average Bonchev–Trinajstić information content (AvgIpc) is 2.97.